The number of amides is 1. The van der Waals surface area contributed by atoms with E-state index in [1.165, 1.54) is 25.0 Å². The third-order valence-electron chi connectivity index (χ3n) is 4.24. The second-order valence-electron chi connectivity index (χ2n) is 5.60. The Balaban J connectivity index is 1.97. The van der Waals surface area contributed by atoms with Gasteiger partial charge in [0.15, 0.2) is 0 Å². The van der Waals surface area contributed by atoms with Crippen LogP contribution in [0.3, 0.4) is 0 Å². The van der Waals surface area contributed by atoms with Gasteiger partial charge in [-0.2, -0.15) is 5.10 Å². The van der Waals surface area contributed by atoms with E-state index in [0.29, 0.717) is 12.5 Å². The number of rotatable bonds is 4. The first-order chi connectivity index (χ1) is 9.13. The van der Waals surface area contributed by atoms with Crippen molar-refractivity contribution in [1.82, 2.24) is 14.7 Å². The van der Waals surface area contributed by atoms with Crippen LogP contribution in [0, 0.1) is 12.8 Å². The first kappa shape index (κ1) is 14.1. The van der Waals surface area contributed by atoms with Crippen LogP contribution in [0.25, 0.3) is 0 Å². The minimum absolute atomic E-state index is 0.250. The van der Waals surface area contributed by atoms with Crippen LogP contribution in [0.1, 0.15) is 50.3 Å². The lowest BCUT2D eigenvalue weighted by Crippen LogP contribution is -2.33. The first-order valence-electron chi connectivity index (χ1n) is 7.39. The second-order valence-corrected chi connectivity index (χ2v) is 5.60. The van der Waals surface area contributed by atoms with Crippen molar-refractivity contribution in [2.24, 2.45) is 5.92 Å². The molecule has 1 saturated carbocycles. The highest BCUT2D eigenvalue weighted by Crippen LogP contribution is 2.25. The molecular weight excluding hydrogens is 238 g/mol. The molecule has 1 aromatic heterocycles. The van der Waals surface area contributed by atoms with E-state index in [9.17, 15) is 4.79 Å². The van der Waals surface area contributed by atoms with E-state index in [1.807, 2.05) is 22.8 Å². The fraction of sp³-hybridized carbons (Fsp3) is 0.733. The molecule has 4 nitrogen and oxygen atoms in total. The lowest BCUT2D eigenvalue weighted by molar-refractivity contribution is -0.135. The molecule has 0 unspecified atom stereocenters. The quantitative estimate of drug-likeness (QED) is 0.837. The second kappa shape index (κ2) is 6.22. The van der Waals surface area contributed by atoms with Crippen LogP contribution in [0.2, 0.25) is 0 Å². The van der Waals surface area contributed by atoms with E-state index < -0.39 is 0 Å². The Labute approximate surface area is 115 Å². The predicted molar refractivity (Wildman–Crippen MR) is 75.7 cm³/mol. The highest BCUT2D eigenvalue weighted by atomic mass is 16.2. The summed E-state index contributed by atoms with van der Waals surface area (Å²) in [6.45, 7) is 5.72. The molecule has 0 N–H and O–H groups in total. The third-order valence-corrected chi connectivity index (χ3v) is 4.24. The zero-order valence-electron chi connectivity index (χ0n) is 12.4. The Morgan fingerprint density at radius 3 is 2.68 bits per heavy atom. The maximum atomic E-state index is 12.4. The van der Waals surface area contributed by atoms with Crippen LogP contribution in [0.15, 0.2) is 6.20 Å². The number of carbonyl (C=O) groups is 1. The summed E-state index contributed by atoms with van der Waals surface area (Å²) in [7, 11) is 1.92. The molecule has 1 fully saturated rings. The number of hydrogen-bond donors (Lipinski definition) is 0. The van der Waals surface area contributed by atoms with Gasteiger partial charge in [-0.3, -0.25) is 9.48 Å². The van der Waals surface area contributed by atoms with Gasteiger partial charge in [0.1, 0.15) is 0 Å². The molecule has 1 aliphatic rings. The van der Waals surface area contributed by atoms with Gasteiger partial charge in [-0.1, -0.05) is 19.3 Å². The van der Waals surface area contributed by atoms with Crippen LogP contribution in [-0.2, 0) is 17.9 Å². The largest absolute Gasteiger partial charge is 0.341 e. The van der Waals surface area contributed by atoms with Gasteiger partial charge < -0.3 is 4.90 Å². The van der Waals surface area contributed by atoms with Gasteiger partial charge in [0.2, 0.25) is 5.91 Å². The maximum Gasteiger partial charge on any atom is 0.225 e. The third kappa shape index (κ3) is 3.17. The zero-order valence-corrected chi connectivity index (χ0v) is 12.4. The molecule has 0 aromatic carbocycles. The molecule has 4 heteroatoms. The van der Waals surface area contributed by atoms with E-state index in [1.54, 1.807) is 0 Å². The molecule has 0 spiro atoms. The van der Waals surface area contributed by atoms with Crippen LogP contribution in [0.4, 0.5) is 0 Å². The lowest BCUT2D eigenvalue weighted by Gasteiger charge is -2.26. The average Bonchev–Trinajstić information content (AvgIpc) is 2.79. The summed E-state index contributed by atoms with van der Waals surface area (Å²) >= 11 is 0. The molecule has 106 valence electrons. The average molecular weight is 263 g/mol. The monoisotopic (exact) mass is 263 g/mol. The maximum absolute atomic E-state index is 12.4. The van der Waals surface area contributed by atoms with E-state index >= 15 is 0 Å². The van der Waals surface area contributed by atoms with Gasteiger partial charge in [-0.05, 0) is 26.7 Å². The molecular formula is C15H25N3O. The fourth-order valence-electron chi connectivity index (χ4n) is 2.95. The van der Waals surface area contributed by atoms with Gasteiger partial charge in [0.05, 0.1) is 6.20 Å². The van der Waals surface area contributed by atoms with Gasteiger partial charge in [0, 0.05) is 37.3 Å². The Hall–Kier alpha value is -1.32. The molecule has 1 heterocycles. The Bertz CT molecular complexity index is 433. The minimum atomic E-state index is 0.250. The van der Waals surface area contributed by atoms with Crippen molar-refractivity contribution >= 4 is 5.91 Å². The molecule has 0 aliphatic heterocycles. The van der Waals surface area contributed by atoms with Crippen molar-refractivity contribution < 1.29 is 4.79 Å². The number of hydrogen-bond acceptors (Lipinski definition) is 2. The molecule has 0 bridgehead atoms. The molecule has 19 heavy (non-hydrogen) atoms. The van der Waals surface area contributed by atoms with Gasteiger partial charge >= 0.3 is 0 Å². The number of carbonyl (C=O) groups excluding carboxylic acids is 1. The van der Waals surface area contributed by atoms with Crippen LogP contribution >= 0.6 is 0 Å². The van der Waals surface area contributed by atoms with Crippen LogP contribution in [0.5, 0.6) is 0 Å². The topological polar surface area (TPSA) is 38.1 Å². The van der Waals surface area contributed by atoms with E-state index in [4.69, 9.17) is 0 Å². The first-order valence-corrected chi connectivity index (χ1v) is 7.39. The smallest absolute Gasteiger partial charge is 0.225 e. The fourth-order valence-corrected chi connectivity index (χ4v) is 2.95. The summed E-state index contributed by atoms with van der Waals surface area (Å²) in [5.74, 6) is 0.559. The summed E-state index contributed by atoms with van der Waals surface area (Å²) in [5.41, 5.74) is 2.33. The summed E-state index contributed by atoms with van der Waals surface area (Å²) < 4.78 is 1.98. The normalized spacial score (nSPS) is 16.6. The molecule has 1 aromatic rings. The zero-order chi connectivity index (χ0) is 13.8. The van der Waals surface area contributed by atoms with Crippen molar-refractivity contribution in [3.8, 4) is 0 Å². The lowest BCUT2D eigenvalue weighted by atomic mass is 9.88. The van der Waals surface area contributed by atoms with E-state index in [0.717, 1.165) is 24.9 Å². The van der Waals surface area contributed by atoms with Crippen molar-refractivity contribution in [1.29, 1.82) is 0 Å². The molecule has 1 amide bonds. The van der Waals surface area contributed by atoms with E-state index in [-0.39, 0.29) is 5.92 Å². The Kier molecular flexibility index (Phi) is 4.61. The highest BCUT2D eigenvalue weighted by molar-refractivity contribution is 5.78. The Morgan fingerprint density at radius 1 is 1.42 bits per heavy atom. The number of aryl methyl sites for hydroxylation is 1. The van der Waals surface area contributed by atoms with Gasteiger partial charge in [0.25, 0.3) is 0 Å². The SMILES string of the molecule is CCn1ncc(CN(C)C(=O)C2CCCCC2)c1C. The summed E-state index contributed by atoms with van der Waals surface area (Å²) in [6.07, 6.45) is 7.72. The molecule has 0 radical (unpaired) electrons. The predicted octanol–water partition coefficient (Wildman–Crippen LogP) is 2.75. The van der Waals surface area contributed by atoms with Gasteiger partial charge in [-0.15, -0.1) is 0 Å². The number of nitrogens with zero attached hydrogens (tertiary/aromatic N) is 3. The molecule has 0 atom stereocenters. The van der Waals surface area contributed by atoms with Crippen LogP contribution < -0.4 is 0 Å². The molecule has 1 aliphatic carbocycles. The van der Waals surface area contributed by atoms with E-state index in [2.05, 4.69) is 18.9 Å². The number of aromatic nitrogens is 2. The summed E-state index contributed by atoms with van der Waals surface area (Å²) in [4.78, 5) is 14.3. The molecule has 0 saturated heterocycles. The van der Waals surface area contributed by atoms with Crippen LogP contribution in [-0.4, -0.2) is 27.6 Å². The summed E-state index contributed by atoms with van der Waals surface area (Å²) in [5, 5.41) is 4.34. The van der Waals surface area contributed by atoms with Crippen molar-refractivity contribution in [3.05, 3.63) is 17.5 Å². The standard InChI is InChI=1S/C15H25N3O/c1-4-18-12(2)14(10-16-18)11-17(3)15(19)13-8-6-5-7-9-13/h10,13H,4-9,11H2,1-3H3. The van der Waals surface area contributed by atoms with Crippen molar-refractivity contribution in [3.63, 3.8) is 0 Å². The highest BCUT2D eigenvalue weighted by Gasteiger charge is 2.24. The Morgan fingerprint density at radius 2 is 2.11 bits per heavy atom. The molecule has 2 rings (SSSR count). The minimum Gasteiger partial charge on any atom is -0.341 e. The van der Waals surface area contributed by atoms with Gasteiger partial charge in [-0.25, -0.2) is 0 Å². The van der Waals surface area contributed by atoms with Crippen molar-refractivity contribution in [2.75, 3.05) is 7.05 Å². The summed E-state index contributed by atoms with van der Waals surface area (Å²) in [6, 6.07) is 0. The van der Waals surface area contributed by atoms with Crippen molar-refractivity contribution in [2.45, 2.75) is 59.0 Å².